The maximum Gasteiger partial charge on any atom is 0.254 e. The van der Waals surface area contributed by atoms with Gasteiger partial charge in [0.25, 0.3) is 5.91 Å². The first-order valence-electron chi connectivity index (χ1n) is 9.34. The van der Waals surface area contributed by atoms with Crippen molar-refractivity contribution in [3.8, 4) is 0 Å². The van der Waals surface area contributed by atoms with E-state index in [4.69, 9.17) is 0 Å². The van der Waals surface area contributed by atoms with Crippen molar-refractivity contribution in [2.24, 2.45) is 0 Å². The highest BCUT2D eigenvalue weighted by molar-refractivity contribution is 6.07. The maximum atomic E-state index is 13.1. The molecule has 0 saturated heterocycles. The molecule has 0 radical (unpaired) electrons. The summed E-state index contributed by atoms with van der Waals surface area (Å²) in [6.45, 7) is 1.71. The van der Waals surface area contributed by atoms with Gasteiger partial charge in [-0.1, -0.05) is 42.5 Å². The van der Waals surface area contributed by atoms with Gasteiger partial charge in [-0.3, -0.25) is 4.79 Å². The van der Waals surface area contributed by atoms with Crippen LogP contribution in [0.3, 0.4) is 0 Å². The van der Waals surface area contributed by atoms with Crippen molar-refractivity contribution in [1.29, 1.82) is 0 Å². The molecule has 0 spiro atoms. The van der Waals surface area contributed by atoms with Gasteiger partial charge in [0.15, 0.2) is 0 Å². The number of likely N-dealkylation sites (N-methyl/N-ethyl adjacent to an activating group) is 1. The van der Waals surface area contributed by atoms with E-state index < -0.39 is 6.10 Å². The van der Waals surface area contributed by atoms with Gasteiger partial charge in [0, 0.05) is 36.6 Å². The lowest BCUT2D eigenvalue weighted by Crippen LogP contribution is -2.33. The summed E-state index contributed by atoms with van der Waals surface area (Å²) in [5, 5.41) is 14.4. The number of carbonyl (C=O) groups excluding carboxylic acids is 1. The van der Waals surface area contributed by atoms with Crippen molar-refractivity contribution in [1.82, 2.24) is 14.8 Å². The Morgan fingerprint density at radius 2 is 1.93 bits per heavy atom. The summed E-state index contributed by atoms with van der Waals surface area (Å²) in [5.41, 5.74) is 3.82. The molecule has 5 nitrogen and oxygen atoms in total. The largest absolute Gasteiger partial charge is 0.390 e. The standard InChI is InChI=1S/C22H25N3O2/c1-24(2)11-12-25-14-18(17-9-5-6-10-19(17)25)22(27)23-21-16-8-4-3-7-15(16)13-20(21)26/h3-10,14,20-21,26H,11-13H2,1-2H3,(H,23,27)/t20-,21-/m0/s1. The van der Waals surface area contributed by atoms with Gasteiger partial charge in [-0.2, -0.15) is 0 Å². The summed E-state index contributed by atoms with van der Waals surface area (Å²) in [6, 6.07) is 15.5. The number of nitrogens with zero attached hydrogens (tertiary/aromatic N) is 2. The van der Waals surface area contributed by atoms with Gasteiger partial charge in [-0.05, 0) is 31.3 Å². The maximum absolute atomic E-state index is 13.1. The Hall–Kier alpha value is -2.63. The normalized spacial score (nSPS) is 18.8. The van der Waals surface area contributed by atoms with Crippen LogP contribution in [0, 0.1) is 0 Å². The second-order valence-electron chi connectivity index (χ2n) is 7.48. The minimum absolute atomic E-state index is 0.143. The Labute approximate surface area is 159 Å². The van der Waals surface area contributed by atoms with E-state index in [1.807, 2.05) is 68.8 Å². The van der Waals surface area contributed by atoms with Crippen LogP contribution in [0.4, 0.5) is 0 Å². The number of hydrogen-bond acceptors (Lipinski definition) is 3. The van der Waals surface area contributed by atoms with Crippen LogP contribution in [0.2, 0.25) is 0 Å². The van der Waals surface area contributed by atoms with Crippen LogP contribution in [-0.4, -0.2) is 47.2 Å². The SMILES string of the molecule is CN(C)CCn1cc(C(=O)N[C@H]2c3ccccc3C[C@@H]2O)c2ccccc21. The van der Waals surface area contributed by atoms with Gasteiger partial charge in [0.2, 0.25) is 0 Å². The highest BCUT2D eigenvalue weighted by atomic mass is 16.3. The van der Waals surface area contributed by atoms with Crippen molar-refractivity contribution in [3.05, 3.63) is 71.4 Å². The summed E-state index contributed by atoms with van der Waals surface area (Å²) in [4.78, 5) is 15.2. The molecule has 4 rings (SSSR count). The predicted molar refractivity (Wildman–Crippen MR) is 107 cm³/mol. The number of hydrogen-bond donors (Lipinski definition) is 2. The molecule has 1 heterocycles. The zero-order valence-electron chi connectivity index (χ0n) is 15.7. The van der Waals surface area contributed by atoms with Crippen molar-refractivity contribution < 1.29 is 9.90 Å². The number of nitrogens with one attached hydrogen (secondary N) is 1. The van der Waals surface area contributed by atoms with Gasteiger partial charge in [-0.15, -0.1) is 0 Å². The summed E-state index contributed by atoms with van der Waals surface area (Å²) in [6.07, 6.45) is 1.91. The topological polar surface area (TPSA) is 57.5 Å². The molecule has 0 aliphatic heterocycles. The number of aliphatic hydroxyl groups is 1. The lowest BCUT2D eigenvalue weighted by molar-refractivity contribution is 0.0859. The molecule has 1 aromatic heterocycles. The van der Waals surface area contributed by atoms with Crippen LogP contribution in [0.1, 0.15) is 27.5 Å². The van der Waals surface area contributed by atoms with Gasteiger partial charge in [0.1, 0.15) is 0 Å². The monoisotopic (exact) mass is 363 g/mol. The Bertz CT molecular complexity index is 977. The van der Waals surface area contributed by atoms with E-state index in [-0.39, 0.29) is 11.9 Å². The Morgan fingerprint density at radius 1 is 1.19 bits per heavy atom. The number of carbonyl (C=O) groups is 1. The second-order valence-corrected chi connectivity index (χ2v) is 7.48. The summed E-state index contributed by atoms with van der Waals surface area (Å²) in [5.74, 6) is -0.143. The fraction of sp³-hybridized carbons (Fsp3) is 0.318. The number of aromatic nitrogens is 1. The molecule has 1 amide bonds. The quantitative estimate of drug-likeness (QED) is 0.733. The summed E-state index contributed by atoms with van der Waals surface area (Å²) >= 11 is 0. The Morgan fingerprint density at radius 3 is 2.74 bits per heavy atom. The van der Waals surface area contributed by atoms with E-state index >= 15 is 0 Å². The molecule has 140 valence electrons. The minimum Gasteiger partial charge on any atom is -0.390 e. The molecule has 2 N–H and O–H groups in total. The number of fused-ring (bicyclic) bond motifs is 2. The predicted octanol–water partition coefficient (Wildman–Crippen LogP) is 2.59. The summed E-state index contributed by atoms with van der Waals surface area (Å²) < 4.78 is 2.13. The van der Waals surface area contributed by atoms with Crippen LogP contribution in [0.15, 0.2) is 54.7 Å². The molecular formula is C22H25N3O2. The minimum atomic E-state index is -0.589. The average Bonchev–Trinajstić information content (AvgIpc) is 3.18. The molecular weight excluding hydrogens is 338 g/mol. The number of rotatable bonds is 5. The molecule has 3 aromatic rings. The molecule has 0 unspecified atom stereocenters. The van der Waals surface area contributed by atoms with E-state index in [1.165, 1.54) is 0 Å². The van der Waals surface area contributed by atoms with Gasteiger partial charge >= 0.3 is 0 Å². The first-order chi connectivity index (χ1) is 13.0. The van der Waals surface area contributed by atoms with Gasteiger partial charge < -0.3 is 19.9 Å². The van der Waals surface area contributed by atoms with Crippen molar-refractivity contribution in [2.75, 3.05) is 20.6 Å². The molecule has 1 aliphatic rings. The fourth-order valence-electron chi connectivity index (χ4n) is 3.89. The zero-order chi connectivity index (χ0) is 19.0. The number of aliphatic hydroxyl groups excluding tert-OH is 1. The van der Waals surface area contributed by atoms with Crippen LogP contribution >= 0.6 is 0 Å². The lowest BCUT2D eigenvalue weighted by atomic mass is 10.1. The Balaban J connectivity index is 1.63. The van der Waals surface area contributed by atoms with Crippen molar-refractivity contribution >= 4 is 16.8 Å². The lowest BCUT2D eigenvalue weighted by Gasteiger charge is -2.17. The third-order valence-electron chi connectivity index (χ3n) is 5.31. The van der Waals surface area contributed by atoms with Gasteiger partial charge in [0.05, 0.1) is 17.7 Å². The second kappa shape index (κ2) is 7.18. The number of para-hydroxylation sites is 1. The third kappa shape index (κ3) is 3.36. The average molecular weight is 363 g/mol. The zero-order valence-corrected chi connectivity index (χ0v) is 15.7. The van der Waals surface area contributed by atoms with E-state index in [0.717, 1.165) is 35.1 Å². The van der Waals surface area contributed by atoms with Crippen molar-refractivity contribution in [3.63, 3.8) is 0 Å². The third-order valence-corrected chi connectivity index (χ3v) is 5.31. The Kier molecular flexibility index (Phi) is 4.72. The number of amides is 1. The molecule has 1 aliphatic carbocycles. The smallest absolute Gasteiger partial charge is 0.254 e. The van der Waals surface area contributed by atoms with E-state index in [9.17, 15) is 9.90 Å². The highest BCUT2D eigenvalue weighted by Crippen LogP contribution is 2.32. The highest BCUT2D eigenvalue weighted by Gasteiger charge is 2.32. The molecule has 2 aromatic carbocycles. The molecule has 2 atom stereocenters. The molecule has 27 heavy (non-hydrogen) atoms. The van der Waals surface area contributed by atoms with E-state index in [2.05, 4.69) is 14.8 Å². The van der Waals surface area contributed by atoms with Crippen LogP contribution in [0.25, 0.3) is 10.9 Å². The van der Waals surface area contributed by atoms with Crippen LogP contribution < -0.4 is 5.32 Å². The first kappa shape index (κ1) is 17.8. The van der Waals surface area contributed by atoms with Crippen LogP contribution in [-0.2, 0) is 13.0 Å². The van der Waals surface area contributed by atoms with Gasteiger partial charge in [-0.25, -0.2) is 0 Å². The molecule has 0 bridgehead atoms. The summed E-state index contributed by atoms with van der Waals surface area (Å²) in [7, 11) is 4.08. The molecule has 0 saturated carbocycles. The van der Waals surface area contributed by atoms with Crippen molar-refractivity contribution in [2.45, 2.75) is 25.1 Å². The number of benzene rings is 2. The van der Waals surface area contributed by atoms with E-state index in [0.29, 0.717) is 12.0 Å². The molecule has 0 fully saturated rings. The molecule has 5 heteroatoms. The fourth-order valence-corrected chi connectivity index (χ4v) is 3.89. The van der Waals surface area contributed by atoms with Crippen LogP contribution in [0.5, 0.6) is 0 Å². The van der Waals surface area contributed by atoms with E-state index in [1.54, 1.807) is 0 Å². The first-order valence-corrected chi connectivity index (χ1v) is 9.34.